The maximum absolute atomic E-state index is 10.9. The van der Waals surface area contributed by atoms with Crippen LogP contribution in [0, 0.1) is 0 Å². The molecule has 0 saturated carbocycles. The first-order valence-corrected chi connectivity index (χ1v) is 3.55. The maximum Gasteiger partial charge on any atom is 0.334 e. The lowest BCUT2D eigenvalue weighted by Crippen LogP contribution is -2.13. The Morgan fingerprint density at radius 1 is 1.42 bits per heavy atom. The van der Waals surface area contributed by atoms with Gasteiger partial charge in [0.25, 0.3) is 0 Å². The first-order valence-electron chi connectivity index (χ1n) is 3.55. The van der Waals surface area contributed by atoms with Crippen LogP contribution < -0.4 is 0 Å². The van der Waals surface area contributed by atoms with Crippen molar-refractivity contribution < 1.29 is 19.4 Å². The molecule has 0 amide bonds. The number of carbonyl (C=O) groups is 2. The van der Waals surface area contributed by atoms with E-state index in [4.69, 9.17) is 9.84 Å². The fourth-order valence-corrected chi connectivity index (χ4v) is 0.551. The van der Waals surface area contributed by atoms with Gasteiger partial charge in [0.15, 0.2) is 0 Å². The van der Waals surface area contributed by atoms with E-state index in [1.54, 1.807) is 13.8 Å². The molecule has 0 spiro atoms. The van der Waals surface area contributed by atoms with Crippen LogP contribution in [-0.4, -0.2) is 23.1 Å². The van der Waals surface area contributed by atoms with E-state index in [2.05, 4.69) is 0 Å². The number of carbonyl (C=O) groups excluding carboxylic acids is 1. The van der Waals surface area contributed by atoms with Crippen molar-refractivity contribution >= 4 is 11.9 Å². The number of esters is 1. The summed E-state index contributed by atoms with van der Waals surface area (Å²) in [5.41, 5.74) is 0.0937. The van der Waals surface area contributed by atoms with Crippen LogP contribution in [0.3, 0.4) is 0 Å². The van der Waals surface area contributed by atoms with Crippen molar-refractivity contribution in [1.29, 1.82) is 0 Å². The van der Waals surface area contributed by atoms with Crippen LogP contribution in [-0.2, 0) is 14.3 Å². The molecule has 0 saturated heterocycles. The molecule has 4 nitrogen and oxygen atoms in total. The second kappa shape index (κ2) is 4.54. The van der Waals surface area contributed by atoms with Crippen molar-refractivity contribution in [2.75, 3.05) is 0 Å². The summed E-state index contributed by atoms with van der Waals surface area (Å²) in [5, 5.41) is 8.28. The predicted molar refractivity (Wildman–Crippen MR) is 42.6 cm³/mol. The Balaban J connectivity index is 4.20. The molecule has 0 aliphatic heterocycles. The molecule has 0 aromatic carbocycles. The highest BCUT2D eigenvalue weighted by molar-refractivity contribution is 5.95. The van der Waals surface area contributed by atoms with E-state index in [-0.39, 0.29) is 11.7 Å². The van der Waals surface area contributed by atoms with Gasteiger partial charge in [-0.2, -0.15) is 0 Å². The lowest BCUT2D eigenvalue weighted by molar-refractivity contribution is -0.143. The van der Waals surface area contributed by atoms with E-state index < -0.39 is 11.9 Å². The van der Waals surface area contributed by atoms with Gasteiger partial charge >= 0.3 is 11.9 Å². The molecule has 0 aromatic rings. The Morgan fingerprint density at radius 2 is 1.92 bits per heavy atom. The maximum atomic E-state index is 10.9. The molecule has 0 aromatic heterocycles. The normalized spacial score (nSPS) is 11.5. The monoisotopic (exact) mass is 172 g/mol. The lowest BCUT2D eigenvalue weighted by atomic mass is 10.3. The molecule has 0 heterocycles. The predicted octanol–water partition coefficient (Wildman–Crippen LogP) is 0.969. The van der Waals surface area contributed by atoms with Gasteiger partial charge in [0.05, 0.1) is 6.10 Å². The molecule has 0 bridgehead atoms. The molecule has 1 N–H and O–H groups in total. The van der Waals surface area contributed by atoms with Gasteiger partial charge in [-0.3, -0.25) is 0 Å². The summed E-state index contributed by atoms with van der Waals surface area (Å²) >= 11 is 0. The fraction of sp³-hybridized carbons (Fsp3) is 0.500. The van der Waals surface area contributed by atoms with E-state index in [0.29, 0.717) is 0 Å². The molecule has 0 aliphatic carbocycles. The van der Waals surface area contributed by atoms with Gasteiger partial charge < -0.3 is 9.84 Å². The van der Waals surface area contributed by atoms with Crippen molar-refractivity contribution in [2.24, 2.45) is 0 Å². The van der Waals surface area contributed by atoms with Gasteiger partial charge in [-0.05, 0) is 20.8 Å². The number of carboxylic acids is 1. The molecule has 12 heavy (non-hydrogen) atoms. The van der Waals surface area contributed by atoms with Crippen molar-refractivity contribution in [3.8, 4) is 0 Å². The fourth-order valence-electron chi connectivity index (χ4n) is 0.551. The summed E-state index contributed by atoms with van der Waals surface area (Å²) in [6.07, 6.45) is 0.597. The van der Waals surface area contributed by atoms with Crippen LogP contribution in [0.2, 0.25) is 0 Å². The Bertz CT molecular complexity index is 215. The van der Waals surface area contributed by atoms with Gasteiger partial charge in [-0.15, -0.1) is 0 Å². The number of hydrogen-bond acceptors (Lipinski definition) is 3. The zero-order valence-electron chi connectivity index (χ0n) is 7.33. The van der Waals surface area contributed by atoms with E-state index >= 15 is 0 Å². The molecule has 0 rings (SSSR count). The molecule has 0 atom stereocenters. The largest absolute Gasteiger partial charge is 0.478 e. The summed E-state index contributed by atoms with van der Waals surface area (Å²) in [7, 11) is 0. The first kappa shape index (κ1) is 10.7. The van der Waals surface area contributed by atoms with Crippen LogP contribution in [0.4, 0.5) is 0 Å². The van der Waals surface area contributed by atoms with Crippen molar-refractivity contribution in [1.82, 2.24) is 0 Å². The summed E-state index contributed by atoms with van der Waals surface area (Å²) < 4.78 is 4.74. The summed E-state index contributed by atoms with van der Waals surface area (Å²) in [4.78, 5) is 21.1. The molecular weight excluding hydrogens is 160 g/mol. The third-order valence-corrected chi connectivity index (χ3v) is 1.00. The molecule has 68 valence electrons. The molecule has 0 radical (unpaired) electrons. The SMILES string of the molecule is CC(=CC(=O)O)C(=O)OC(C)C. The minimum atomic E-state index is -1.15. The van der Waals surface area contributed by atoms with E-state index in [9.17, 15) is 9.59 Å². The Labute approximate surface area is 70.8 Å². The van der Waals surface area contributed by atoms with Crippen LogP contribution >= 0.6 is 0 Å². The van der Waals surface area contributed by atoms with Gasteiger partial charge in [0.1, 0.15) is 0 Å². The molecular formula is C8H12O4. The summed E-state index contributed by atoms with van der Waals surface area (Å²) in [6.45, 7) is 4.80. The highest BCUT2D eigenvalue weighted by Gasteiger charge is 2.08. The van der Waals surface area contributed by atoms with E-state index in [0.717, 1.165) is 6.08 Å². The van der Waals surface area contributed by atoms with Gasteiger partial charge in [0.2, 0.25) is 0 Å². The lowest BCUT2D eigenvalue weighted by Gasteiger charge is -2.06. The van der Waals surface area contributed by atoms with Crippen molar-refractivity contribution in [2.45, 2.75) is 26.9 Å². The van der Waals surface area contributed by atoms with Gasteiger partial charge in [0, 0.05) is 11.6 Å². The molecule has 4 heteroatoms. The summed E-state index contributed by atoms with van der Waals surface area (Å²) in [6, 6.07) is 0. The van der Waals surface area contributed by atoms with Crippen LogP contribution in [0.5, 0.6) is 0 Å². The molecule has 0 fully saturated rings. The summed E-state index contributed by atoms with van der Waals surface area (Å²) in [5.74, 6) is -1.74. The smallest absolute Gasteiger partial charge is 0.334 e. The second-order valence-corrected chi connectivity index (χ2v) is 2.62. The van der Waals surface area contributed by atoms with E-state index in [1.807, 2.05) is 0 Å². The average molecular weight is 172 g/mol. The van der Waals surface area contributed by atoms with Crippen LogP contribution in [0.25, 0.3) is 0 Å². The van der Waals surface area contributed by atoms with E-state index in [1.165, 1.54) is 6.92 Å². The van der Waals surface area contributed by atoms with Gasteiger partial charge in [-0.1, -0.05) is 0 Å². The number of rotatable bonds is 3. The highest BCUT2D eigenvalue weighted by Crippen LogP contribution is 1.99. The minimum absolute atomic E-state index is 0.0937. The Morgan fingerprint density at radius 3 is 2.25 bits per heavy atom. The number of hydrogen-bond donors (Lipinski definition) is 1. The Hall–Kier alpha value is -1.32. The molecule has 0 unspecified atom stereocenters. The first-order chi connectivity index (χ1) is 5.43. The zero-order valence-corrected chi connectivity index (χ0v) is 7.33. The average Bonchev–Trinajstić information content (AvgIpc) is 1.84. The number of carboxylic acid groups (broad SMARTS) is 1. The third-order valence-electron chi connectivity index (χ3n) is 1.00. The standard InChI is InChI=1S/C8H12O4/c1-5(2)12-8(11)6(3)4-7(9)10/h4-5H,1-3H3,(H,9,10). The van der Waals surface area contributed by atoms with Crippen molar-refractivity contribution in [3.05, 3.63) is 11.6 Å². The van der Waals surface area contributed by atoms with Crippen LogP contribution in [0.15, 0.2) is 11.6 Å². The third kappa shape index (κ3) is 4.49. The highest BCUT2D eigenvalue weighted by atomic mass is 16.5. The quantitative estimate of drug-likeness (QED) is 0.509. The van der Waals surface area contributed by atoms with Crippen LogP contribution in [0.1, 0.15) is 20.8 Å². The second-order valence-electron chi connectivity index (χ2n) is 2.62. The Kier molecular flexibility index (Phi) is 4.04. The molecule has 0 aliphatic rings. The number of ether oxygens (including phenoxy) is 1. The van der Waals surface area contributed by atoms with Gasteiger partial charge in [-0.25, -0.2) is 9.59 Å². The topological polar surface area (TPSA) is 63.6 Å². The van der Waals surface area contributed by atoms with Crippen molar-refractivity contribution in [3.63, 3.8) is 0 Å². The number of aliphatic carboxylic acids is 1. The minimum Gasteiger partial charge on any atom is -0.478 e. The zero-order chi connectivity index (χ0) is 9.72.